The zero-order valence-corrected chi connectivity index (χ0v) is 13.2. The fraction of sp³-hybridized carbons (Fsp3) is 0. The van der Waals surface area contributed by atoms with Gasteiger partial charge in [-0.3, -0.25) is 15.1 Å². The average Bonchev–Trinajstić information content (AvgIpc) is 3.06. The summed E-state index contributed by atoms with van der Waals surface area (Å²) in [5, 5.41) is 33.8. The molecule has 1 aromatic carbocycles. The van der Waals surface area contributed by atoms with E-state index < -0.39 is 22.1 Å². The molecule has 0 fully saturated rings. The number of phenolic OH excluding ortho intramolecular Hbond substituents is 2. The van der Waals surface area contributed by atoms with Crippen molar-refractivity contribution in [2.75, 3.05) is 0 Å². The number of aromatic nitrogens is 3. The van der Waals surface area contributed by atoms with E-state index in [0.717, 1.165) is 12.1 Å². The lowest BCUT2D eigenvalue weighted by atomic mass is 10.1. The van der Waals surface area contributed by atoms with Crippen molar-refractivity contribution in [3.8, 4) is 40.1 Å². The first-order chi connectivity index (χ1) is 11.5. The van der Waals surface area contributed by atoms with E-state index in [1.807, 2.05) is 0 Å². The fourth-order valence-electron chi connectivity index (χ4n) is 1.93. The number of pyridine rings is 1. The zero-order valence-electron chi connectivity index (χ0n) is 11.6. The van der Waals surface area contributed by atoms with Crippen molar-refractivity contribution in [2.45, 2.75) is 0 Å². The van der Waals surface area contributed by atoms with Crippen LogP contribution in [0.5, 0.6) is 17.2 Å². The van der Waals surface area contributed by atoms with Gasteiger partial charge in [0.05, 0.1) is 16.1 Å². The van der Waals surface area contributed by atoms with Gasteiger partial charge in [0, 0.05) is 24.5 Å². The van der Waals surface area contributed by atoms with Gasteiger partial charge in [-0.15, -0.1) is 0 Å². The molecule has 0 aliphatic heterocycles. The Balaban J connectivity index is 2.07. The first-order valence-electron chi connectivity index (χ1n) is 6.28. The minimum absolute atomic E-state index is 0.0703. The number of hydrogen-bond donors (Lipinski definition) is 2. The molecular weight excluding hydrogens is 388 g/mol. The van der Waals surface area contributed by atoms with Crippen LogP contribution in [0.3, 0.4) is 0 Å². The SMILES string of the molecule is O=[N+]([O-])c1cc(-c2nc(-c3cnccc3OBr)no2)cc(O)c1O. The number of halogens is 1. The van der Waals surface area contributed by atoms with Gasteiger partial charge in [0.15, 0.2) is 27.8 Å². The molecule has 122 valence electrons. The summed E-state index contributed by atoms with van der Waals surface area (Å²) in [7, 11) is 0. The molecule has 2 aromatic heterocycles. The second-order valence-corrected chi connectivity index (χ2v) is 4.82. The Morgan fingerprint density at radius 1 is 1.33 bits per heavy atom. The van der Waals surface area contributed by atoms with Crippen molar-refractivity contribution in [1.29, 1.82) is 0 Å². The standard InChI is InChI=1S/C13H7BrN4O6/c14-23-10-1-2-15-5-7(10)12-16-13(24-17-12)6-3-8(18(21)22)11(20)9(19)4-6/h1-5,19-20H. The molecule has 0 spiro atoms. The van der Waals surface area contributed by atoms with E-state index in [-0.39, 0.29) is 17.3 Å². The third-order valence-electron chi connectivity index (χ3n) is 3.04. The van der Waals surface area contributed by atoms with E-state index in [1.54, 1.807) is 6.07 Å². The number of nitrogens with zero attached hydrogens (tertiary/aromatic N) is 4. The van der Waals surface area contributed by atoms with Crippen LogP contribution in [0.1, 0.15) is 0 Å². The number of nitro groups is 1. The smallest absolute Gasteiger partial charge is 0.315 e. The summed E-state index contributed by atoms with van der Waals surface area (Å²) < 4.78 is 10.0. The molecule has 0 radical (unpaired) electrons. The van der Waals surface area contributed by atoms with E-state index in [0.29, 0.717) is 11.3 Å². The van der Waals surface area contributed by atoms with E-state index in [1.165, 1.54) is 12.4 Å². The van der Waals surface area contributed by atoms with Crippen molar-refractivity contribution >= 4 is 21.9 Å². The molecule has 0 atom stereocenters. The highest BCUT2D eigenvalue weighted by molar-refractivity contribution is 9.06. The quantitative estimate of drug-likeness (QED) is 0.387. The van der Waals surface area contributed by atoms with Crippen LogP contribution >= 0.6 is 16.3 Å². The van der Waals surface area contributed by atoms with Crippen molar-refractivity contribution in [3.63, 3.8) is 0 Å². The highest BCUT2D eigenvalue weighted by Crippen LogP contribution is 2.39. The number of hydrogen-bond acceptors (Lipinski definition) is 9. The summed E-state index contributed by atoms with van der Waals surface area (Å²) in [6, 6.07) is 3.65. The average molecular weight is 395 g/mol. The number of phenols is 2. The first-order valence-corrected chi connectivity index (χ1v) is 6.93. The molecule has 11 heteroatoms. The Labute approximate surface area is 141 Å². The van der Waals surface area contributed by atoms with E-state index in [4.69, 9.17) is 8.35 Å². The Bertz CT molecular complexity index is 929. The topological polar surface area (TPSA) is 145 Å². The minimum Gasteiger partial charge on any atom is -0.504 e. The van der Waals surface area contributed by atoms with Crippen LogP contribution in [0, 0.1) is 10.1 Å². The van der Waals surface area contributed by atoms with Gasteiger partial charge in [-0.05, 0) is 6.07 Å². The van der Waals surface area contributed by atoms with Crippen LogP contribution in [-0.2, 0) is 0 Å². The van der Waals surface area contributed by atoms with E-state index in [9.17, 15) is 20.3 Å². The van der Waals surface area contributed by atoms with Gasteiger partial charge in [-0.1, -0.05) is 5.16 Å². The number of aromatic hydroxyl groups is 2. The maximum atomic E-state index is 10.9. The Morgan fingerprint density at radius 3 is 2.83 bits per heavy atom. The van der Waals surface area contributed by atoms with Crippen LogP contribution in [0.15, 0.2) is 35.1 Å². The summed E-state index contributed by atoms with van der Waals surface area (Å²) in [5.41, 5.74) is -0.196. The molecule has 10 nitrogen and oxygen atoms in total. The maximum Gasteiger partial charge on any atom is 0.315 e. The molecule has 0 saturated carbocycles. The van der Waals surface area contributed by atoms with Crippen LogP contribution in [-0.4, -0.2) is 30.3 Å². The van der Waals surface area contributed by atoms with Gasteiger partial charge >= 0.3 is 5.69 Å². The van der Waals surface area contributed by atoms with Crippen LogP contribution in [0.25, 0.3) is 22.8 Å². The van der Waals surface area contributed by atoms with Crippen molar-refractivity contribution in [3.05, 3.63) is 40.7 Å². The Morgan fingerprint density at radius 2 is 2.12 bits per heavy atom. The van der Waals surface area contributed by atoms with Gasteiger partial charge in [0.1, 0.15) is 0 Å². The van der Waals surface area contributed by atoms with Crippen molar-refractivity contribution in [2.24, 2.45) is 0 Å². The predicted molar refractivity (Wildman–Crippen MR) is 82.5 cm³/mol. The van der Waals surface area contributed by atoms with Crippen LogP contribution in [0.4, 0.5) is 5.69 Å². The van der Waals surface area contributed by atoms with Gasteiger partial charge in [0.25, 0.3) is 5.89 Å². The molecule has 2 heterocycles. The van der Waals surface area contributed by atoms with Crippen LogP contribution in [0.2, 0.25) is 0 Å². The largest absolute Gasteiger partial charge is 0.504 e. The summed E-state index contributed by atoms with van der Waals surface area (Å²) in [6.45, 7) is 0. The molecule has 0 unspecified atom stereocenters. The second-order valence-electron chi connectivity index (χ2n) is 4.49. The maximum absolute atomic E-state index is 10.9. The molecule has 0 aliphatic rings. The monoisotopic (exact) mass is 394 g/mol. The normalized spacial score (nSPS) is 10.5. The van der Waals surface area contributed by atoms with E-state index >= 15 is 0 Å². The number of rotatable bonds is 4. The van der Waals surface area contributed by atoms with Crippen molar-refractivity contribution in [1.82, 2.24) is 15.1 Å². The fourth-order valence-corrected chi connectivity index (χ4v) is 2.22. The third kappa shape index (κ3) is 2.72. The lowest BCUT2D eigenvalue weighted by Gasteiger charge is -2.01. The second kappa shape index (κ2) is 6.12. The highest BCUT2D eigenvalue weighted by atomic mass is 79.9. The number of benzene rings is 1. The lowest BCUT2D eigenvalue weighted by Crippen LogP contribution is -1.90. The first kappa shape index (κ1) is 15.7. The molecule has 0 bridgehead atoms. The Kier molecular flexibility index (Phi) is 4.00. The van der Waals surface area contributed by atoms with Gasteiger partial charge in [-0.25, -0.2) is 0 Å². The van der Waals surface area contributed by atoms with Gasteiger partial charge < -0.3 is 18.6 Å². The predicted octanol–water partition coefficient (Wildman–Crippen LogP) is 2.81. The molecule has 0 saturated heterocycles. The molecule has 2 N–H and O–H groups in total. The van der Waals surface area contributed by atoms with Crippen molar-refractivity contribution < 1.29 is 23.5 Å². The Hall–Kier alpha value is -3.21. The summed E-state index contributed by atoms with van der Waals surface area (Å²) in [6.07, 6.45) is 2.95. The summed E-state index contributed by atoms with van der Waals surface area (Å²) in [4.78, 5) is 18.1. The van der Waals surface area contributed by atoms with Crippen LogP contribution < -0.4 is 3.83 Å². The highest BCUT2D eigenvalue weighted by Gasteiger charge is 2.22. The van der Waals surface area contributed by atoms with E-state index in [2.05, 4.69) is 31.4 Å². The molecule has 3 rings (SSSR count). The van der Waals surface area contributed by atoms with Gasteiger partial charge in [-0.2, -0.15) is 4.98 Å². The molecule has 3 aromatic rings. The lowest BCUT2D eigenvalue weighted by molar-refractivity contribution is -0.385. The minimum atomic E-state index is -0.842. The number of nitro benzene ring substituents is 1. The molecular formula is C13H7BrN4O6. The zero-order chi connectivity index (χ0) is 17.3. The molecule has 0 aliphatic carbocycles. The molecule has 0 amide bonds. The molecule has 24 heavy (non-hydrogen) atoms. The summed E-state index contributed by atoms with van der Waals surface area (Å²) in [5.74, 6) is -1.09. The van der Waals surface area contributed by atoms with Gasteiger partial charge in [0.2, 0.25) is 11.6 Å². The summed E-state index contributed by atoms with van der Waals surface area (Å²) >= 11 is 2.85. The third-order valence-corrected chi connectivity index (χ3v) is 3.39.